The van der Waals surface area contributed by atoms with Crippen molar-refractivity contribution in [3.63, 3.8) is 0 Å². The number of hydrogen-bond acceptors (Lipinski definition) is 6. The molecule has 2 aliphatic heterocycles. The molecule has 180 valence electrons. The van der Waals surface area contributed by atoms with Gasteiger partial charge < -0.3 is 10.7 Å². The monoisotopic (exact) mass is 472 g/mol. The number of rotatable bonds is 4. The summed E-state index contributed by atoms with van der Waals surface area (Å²) < 4.78 is 42.0. The number of nitrogens with one attached hydrogen (secondary N) is 1. The fraction of sp³-hybridized carbons (Fsp3) is 0.565. The number of nitrogens with two attached hydrogens (primary N) is 1. The molecule has 1 aliphatic carbocycles. The topological polar surface area (TPSA) is 102 Å². The molecule has 0 radical (unpaired) electrons. The average Bonchev–Trinajstić information content (AvgIpc) is 3.54. The van der Waals surface area contributed by atoms with Gasteiger partial charge in [0.1, 0.15) is 18.0 Å². The Morgan fingerprint density at radius 3 is 2.62 bits per heavy atom. The van der Waals surface area contributed by atoms with E-state index in [0.29, 0.717) is 11.3 Å². The van der Waals surface area contributed by atoms with Crippen molar-refractivity contribution in [2.45, 2.75) is 63.2 Å². The quantitative estimate of drug-likeness (QED) is 0.596. The van der Waals surface area contributed by atoms with Crippen molar-refractivity contribution in [2.24, 2.45) is 5.41 Å². The van der Waals surface area contributed by atoms with Crippen molar-refractivity contribution in [3.8, 4) is 11.3 Å². The lowest BCUT2D eigenvalue weighted by molar-refractivity contribution is -0.137. The smallest absolute Gasteiger partial charge is 0.383 e. The highest BCUT2D eigenvalue weighted by Gasteiger charge is 2.52. The van der Waals surface area contributed by atoms with E-state index >= 15 is 0 Å². The number of nitrogens with zero attached hydrogens (tertiary/aromatic N) is 6. The molecule has 6 rings (SSSR count). The normalized spacial score (nSPS) is 24.9. The zero-order valence-electron chi connectivity index (χ0n) is 18.9. The van der Waals surface area contributed by atoms with Gasteiger partial charge in [0.15, 0.2) is 0 Å². The number of alkyl halides is 3. The lowest BCUT2D eigenvalue weighted by Crippen LogP contribution is -2.44. The van der Waals surface area contributed by atoms with E-state index in [9.17, 15) is 13.2 Å². The molecule has 1 saturated heterocycles. The summed E-state index contributed by atoms with van der Waals surface area (Å²) in [4.78, 5) is 9.55. The molecule has 2 fully saturated rings. The second-order valence-corrected chi connectivity index (χ2v) is 10.3. The van der Waals surface area contributed by atoms with Gasteiger partial charge in [0.2, 0.25) is 0 Å². The first-order chi connectivity index (χ1) is 16.2. The first kappa shape index (κ1) is 21.6. The molecule has 2 atom stereocenters. The van der Waals surface area contributed by atoms with E-state index in [-0.39, 0.29) is 16.9 Å². The Hall–Kier alpha value is -2.95. The molecule has 5 heterocycles. The van der Waals surface area contributed by atoms with Gasteiger partial charge in [-0.1, -0.05) is 13.3 Å². The van der Waals surface area contributed by atoms with Crippen LogP contribution in [0.4, 0.5) is 19.0 Å². The van der Waals surface area contributed by atoms with Crippen LogP contribution in [0.25, 0.3) is 11.3 Å². The highest BCUT2D eigenvalue weighted by molar-refractivity contribution is 5.63. The van der Waals surface area contributed by atoms with Gasteiger partial charge in [-0.05, 0) is 49.8 Å². The van der Waals surface area contributed by atoms with Crippen molar-refractivity contribution >= 4 is 5.82 Å². The van der Waals surface area contributed by atoms with Crippen molar-refractivity contribution in [1.82, 2.24) is 34.8 Å². The van der Waals surface area contributed by atoms with Crippen molar-refractivity contribution in [1.29, 1.82) is 0 Å². The molecule has 3 N–H and O–H groups in total. The Bertz CT molecular complexity index is 1210. The van der Waals surface area contributed by atoms with E-state index in [2.05, 4.69) is 37.1 Å². The summed E-state index contributed by atoms with van der Waals surface area (Å²) in [5.41, 5.74) is 6.57. The van der Waals surface area contributed by atoms with Crippen LogP contribution in [-0.2, 0) is 18.1 Å². The molecule has 0 bridgehead atoms. The maximum atomic E-state index is 13.3. The van der Waals surface area contributed by atoms with Crippen LogP contribution < -0.4 is 5.73 Å². The maximum Gasteiger partial charge on any atom is 0.419 e. The highest BCUT2D eigenvalue weighted by Crippen LogP contribution is 2.55. The third kappa shape index (κ3) is 3.24. The SMILES string of the molecule is CC1(C(c2nnc[nH]2)N2CC[C@@]3(CCn4nc(-c5cnc(N)c(C(F)(F)F)c5)cc43)C2)CCC1. The first-order valence-corrected chi connectivity index (χ1v) is 11.7. The molecule has 1 spiro atoms. The third-order valence-electron chi connectivity index (χ3n) is 8.24. The van der Waals surface area contributed by atoms with E-state index in [1.165, 1.54) is 12.6 Å². The van der Waals surface area contributed by atoms with Gasteiger partial charge >= 0.3 is 6.18 Å². The van der Waals surface area contributed by atoms with Crippen molar-refractivity contribution in [2.75, 3.05) is 18.8 Å². The number of halogens is 3. The van der Waals surface area contributed by atoms with Crippen molar-refractivity contribution in [3.05, 3.63) is 41.7 Å². The fourth-order valence-electron chi connectivity index (χ4n) is 6.28. The molecule has 3 aliphatic rings. The number of fused-ring (bicyclic) bond motifs is 2. The maximum absolute atomic E-state index is 13.3. The molecule has 3 aromatic heterocycles. The van der Waals surface area contributed by atoms with E-state index in [4.69, 9.17) is 5.73 Å². The number of likely N-dealkylation sites (tertiary alicyclic amines) is 1. The molecule has 0 amide bonds. The number of aromatic amines is 1. The largest absolute Gasteiger partial charge is 0.419 e. The van der Waals surface area contributed by atoms with E-state index < -0.39 is 17.6 Å². The van der Waals surface area contributed by atoms with Gasteiger partial charge in [0.05, 0.1) is 17.3 Å². The Labute approximate surface area is 194 Å². The number of aromatic nitrogens is 6. The minimum Gasteiger partial charge on any atom is -0.383 e. The molecule has 1 unspecified atom stereocenters. The lowest BCUT2D eigenvalue weighted by atomic mass is 9.64. The number of H-pyrrole nitrogens is 1. The molecular formula is C23H27F3N8. The van der Waals surface area contributed by atoms with Crippen LogP contribution in [0.1, 0.15) is 62.2 Å². The summed E-state index contributed by atoms with van der Waals surface area (Å²) in [6.07, 6.45) is 3.95. The van der Waals surface area contributed by atoms with Crippen LogP contribution in [0, 0.1) is 5.41 Å². The summed E-state index contributed by atoms with van der Waals surface area (Å²) >= 11 is 0. The molecule has 34 heavy (non-hydrogen) atoms. The van der Waals surface area contributed by atoms with Crippen LogP contribution in [-0.4, -0.2) is 47.9 Å². The third-order valence-corrected chi connectivity index (χ3v) is 8.24. The van der Waals surface area contributed by atoms with Gasteiger partial charge in [-0.25, -0.2) is 4.98 Å². The molecule has 11 heteroatoms. The van der Waals surface area contributed by atoms with Crippen LogP contribution >= 0.6 is 0 Å². The molecular weight excluding hydrogens is 445 g/mol. The standard InChI is InChI=1S/C23H27F3N8/c1-21(3-2-4-21)18(20-29-13-30-31-20)33-7-5-22(12-33)6-8-34-17(22)10-16(32-34)14-9-15(23(24,25)26)19(27)28-11-14/h9-11,13,18H,2-8,12H2,1H3,(H2,27,28)(H,29,30,31)/t18?,22-/m1/s1. The van der Waals surface area contributed by atoms with Crippen LogP contribution in [0.3, 0.4) is 0 Å². The number of hydrogen-bond donors (Lipinski definition) is 2. The van der Waals surface area contributed by atoms with Gasteiger partial charge in [0, 0.05) is 36.0 Å². The minimum absolute atomic E-state index is 0.0717. The van der Waals surface area contributed by atoms with E-state index in [0.717, 1.165) is 62.9 Å². The van der Waals surface area contributed by atoms with Crippen LogP contribution in [0.2, 0.25) is 0 Å². The van der Waals surface area contributed by atoms with E-state index in [1.54, 1.807) is 6.33 Å². The summed E-state index contributed by atoms with van der Waals surface area (Å²) in [6.45, 7) is 4.88. The van der Waals surface area contributed by atoms with Crippen LogP contribution in [0.15, 0.2) is 24.7 Å². The predicted molar refractivity (Wildman–Crippen MR) is 118 cm³/mol. The zero-order valence-corrected chi connectivity index (χ0v) is 18.9. The summed E-state index contributed by atoms with van der Waals surface area (Å²) in [5, 5.41) is 13.1. The molecule has 3 aromatic rings. The highest BCUT2D eigenvalue weighted by atomic mass is 19.4. The Morgan fingerprint density at radius 2 is 1.94 bits per heavy atom. The number of aryl methyl sites for hydroxylation is 1. The first-order valence-electron chi connectivity index (χ1n) is 11.7. The molecule has 0 aromatic carbocycles. The lowest BCUT2D eigenvalue weighted by Gasteiger charge is -2.48. The van der Waals surface area contributed by atoms with Crippen molar-refractivity contribution < 1.29 is 13.2 Å². The van der Waals surface area contributed by atoms with Gasteiger partial charge in [0.25, 0.3) is 0 Å². The van der Waals surface area contributed by atoms with E-state index in [1.807, 2.05) is 10.7 Å². The van der Waals surface area contributed by atoms with Gasteiger partial charge in [-0.15, -0.1) is 10.2 Å². The number of pyridine rings is 1. The van der Waals surface area contributed by atoms with Gasteiger partial charge in [-0.3, -0.25) is 9.58 Å². The number of anilines is 1. The summed E-state index contributed by atoms with van der Waals surface area (Å²) in [5.74, 6) is 0.396. The zero-order chi connectivity index (χ0) is 23.7. The minimum atomic E-state index is -4.56. The Kier molecular flexibility index (Phi) is 4.61. The Balaban J connectivity index is 1.31. The fourth-order valence-corrected chi connectivity index (χ4v) is 6.28. The second-order valence-electron chi connectivity index (χ2n) is 10.3. The molecule has 8 nitrogen and oxygen atoms in total. The number of nitrogen functional groups attached to an aromatic ring is 1. The predicted octanol–water partition coefficient (Wildman–Crippen LogP) is 3.94. The second kappa shape index (κ2) is 7.27. The Morgan fingerprint density at radius 1 is 1.15 bits per heavy atom. The molecule has 1 saturated carbocycles. The summed E-state index contributed by atoms with van der Waals surface area (Å²) in [7, 11) is 0. The summed E-state index contributed by atoms with van der Waals surface area (Å²) in [6, 6.07) is 3.17. The van der Waals surface area contributed by atoms with Gasteiger partial charge in [-0.2, -0.15) is 18.3 Å². The van der Waals surface area contributed by atoms with Crippen LogP contribution in [0.5, 0.6) is 0 Å². The average molecular weight is 473 g/mol.